The maximum absolute atomic E-state index is 13.8. The highest BCUT2D eigenvalue weighted by Gasteiger charge is 2.34. The Hall–Kier alpha value is -5.35. The van der Waals surface area contributed by atoms with E-state index in [1.54, 1.807) is 30.3 Å². The fraction of sp³-hybridized carbons (Fsp3) is 0.200. The van der Waals surface area contributed by atoms with Crippen LogP contribution in [-0.4, -0.2) is 61.7 Å². The number of pyridine rings is 1. The van der Waals surface area contributed by atoms with Crippen molar-refractivity contribution in [2.24, 2.45) is 0 Å². The molecule has 1 aliphatic rings. The number of benzene rings is 4. The van der Waals surface area contributed by atoms with Gasteiger partial charge in [0.2, 0.25) is 0 Å². The number of aromatic nitrogens is 1. The van der Waals surface area contributed by atoms with E-state index in [0.29, 0.717) is 36.3 Å². The smallest absolute Gasteiger partial charge is 0.404 e. The number of sulfonamides is 1. The van der Waals surface area contributed by atoms with E-state index in [9.17, 15) is 39.6 Å². The molecule has 1 aliphatic heterocycles. The van der Waals surface area contributed by atoms with Gasteiger partial charge in [0, 0.05) is 66.7 Å². The maximum Gasteiger partial charge on any atom is 0.573 e. The first-order chi connectivity index (χ1) is 24.1. The van der Waals surface area contributed by atoms with Crippen LogP contribution in [0, 0.1) is 0 Å². The Morgan fingerprint density at radius 2 is 1.55 bits per heavy atom. The molecule has 0 atom stereocenters. The van der Waals surface area contributed by atoms with Crippen molar-refractivity contribution in [1.29, 1.82) is 0 Å². The number of ether oxygens (including phenoxy) is 1. The van der Waals surface area contributed by atoms with Crippen LogP contribution in [0.15, 0.2) is 102 Å². The standard InChI is InChI=1S/C35H29F6N5O4S/c36-34(37,38)25-9-6-22(7-10-25)21-45-15-17-46(18-16-45)33(47)24-8-12-29(30(19-24)50-35(39,40)41)44-51(48,49)31-13-11-26(42)20-28(31)27-5-1-3-23-4-2-14-43-32(23)27/h1-14,19-20,44H,15-18,21,42H2. The van der Waals surface area contributed by atoms with Crippen LogP contribution in [0.5, 0.6) is 5.75 Å². The summed E-state index contributed by atoms with van der Waals surface area (Å²) in [5, 5.41) is 0.718. The summed E-state index contributed by atoms with van der Waals surface area (Å²) in [6.45, 7) is 1.42. The number of piperazine rings is 1. The van der Waals surface area contributed by atoms with E-state index < -0.39 is 45.5 Å². The van der Waals surface area contributed by atoms with Crippen LogP contribution in [0.4, 0.5) is 37.7 Å². The van der Waals surface area contributed by atoms with Gasteiger partial charge < -0.3 is 15.4 Å². The summed E-state index contributed by atoms with van der Waals surface area (Å²) in [5.41, 5.74) is 6.46. The number of alkyl halides is 6. The highest BCUT2D eigenvalue weighted by molar-refractivity contribution is 7.92. The third-order valence-electron chi connectivity index (χ3n) is 8.26. The van der Waals surface area contributed by atoms with Crippen LogP contribution >= 0.6 is 0 Å². The van der Waals surface area contributed by atoms with Gasteiger partial charge in [0.1, 0.15) is 0 Å². The summed E-state index contributed by atoms with van der Waals surface area (Å²) < 4.78 is 113. The summed E-state index contributed by atoms with van der Waals surface area (Å²) in [6.07, 6.45) is -8.14. The van der Waals surface area contributed by atoms with Crippen LogP contribution in [0.2, 0.25) is 0 Å². The molecule has 1 saturated heterocycles. The van der Waals surface area contributed by atoms with Crippen molar-refractivity contribution in [1.82, 2.24) is 14.8 Å². The molecule has 0 aliphatic carbocycles. The fourth-order valence-corrected chi connectivity index (χ4v) is 7.09. The number of halogens is 6. The van der Waals surface area contributed by atoms with Gasteiger partial charge in [-0.15, -0.1) is 13.2 Å². The summed E-state index contributed by atoms with van der Waals surface area (Å²) in [4.78, 5) is 20.8. The van der Waals surface area contributed by atoms with Gasteiger partial charge in [-0.25, -0.2) is 8.42 Å². The molecule has 1 aromatic heterocycles. The van der Waals surface area contributed by atoms with Crippen molar-refractivity contribution >= 4 is 38.2 Å². The molecule has 51 heavy (non-hydrogen) atoms. The molecule has 3 N–H and O–H groups in total. The molecule has 6 rings (SSSR count). The van der Waals surface area contributed by atoms with Crippen LogP contribution in [0.25, 0.3) is 22.0 Å². The van der Waals surface area contributed by atoms with Gasteiger partial charge >= 0.3 is 12.5 Å². The molecular formula is C35H29F6N5O4S. The SMILES string of the molecule is Nc1ccc(S(=O)(=O)Nc2ccc(C(=O)N3CCN(Cc4ccc(C(F)(F)F)cc4)CC3)cc2OC(F)(F)F)c(-c2cccc3cccnc23)c1. The van der Waals surface area contributed by atoms with Crippen LogP contribution in [-0.2, 0) is 22.7 Å². The topological polar surface area (TPSA) is 118 Å². The number of carbonyl (C=O) groups excluding carboxylic acids is 1. The van der Waals surface area contributed by atoms with E-state index in [1.807, 2.05) is 4.90 Å². The Balaban J connectivity index is 1.22. The first-order valence-electron chi connectivity index (χ1n) is 15.4. The minimum atomic E-state index is -5.23. The Labute approximate surface area is 288 Å². The monoisotopic (exact) mass is 729 g/mol. The van der Waals surface area contributed by atoms with Crippen LogP contribution in [0.1, 0.15) is 21.5 Å². The van der Waals surface area contributed by atoms with Gasteiger partial charge in [0.15, 0.2) is 5.75 Å². The van der Waals surface area contributed by atoms with E-state index >= 15 is 0 Å². The van der Waals surface area contributed by atoms with E-state index in [1.165, 1.54) is 47.5 Å². The lowest BCUT2D eigenvalue weighted by Gasteiger charge is -2.35. The Kier molecular flexibility index (Phi) is 9.57. The molecule has 0 bridgehead atoms. The van der Waals surface area contributed by atoms with E-state index in [0.717, 1.165) is 29.7 Å². The van der Waals surface area contributed by atoms with Crippen LogP contribution < -0.4 is 15.2 Å². The number of nitrogens with two attached hydrogens (primary N) is 1. The third kappa shape index (κ3) is 8.18. The number of amides is 1. The summed E-state index contributed by atoms with van der Waals surface area (Å²) >= 11 is 0. The molecule has 1 fully saturated rings. The summed E-state index contributed by atoms with van der Waals surface area (Å²) in [7, 11) is -4.59. The largest absolute Gasteiger partial charge is 0.573 e. The third-order valence-corrected chi connectivity index (χ3v) is 9.69. The lowest BCUT2D eigenvalue weighted by molar-refractivity contribution is -0.274. The van der Waals surface area contributed by atoms with E-state index in [4.69, 9.17) is 5.73 Å². The second-order valence-electron chi connectivity index (χ2n) is 11.8. The molecular weight excluding hydrogens is 700 g/mol. The average Bonchev–Trinajstić information content (AvgIpc) is 3.08. The van der Waals surface area contributed by atoms with Gasteiger partial charge in [0.05, 0.1) is 21.7 Å². The van der Waals surface area contributed by atoms with Crippen molar-refractivity contribution in [2.45, 2.75) is 24.0 Å². The predicted molar refractivity (Wildman–Crippen MR) is 178 cm³/mol. The molecule has 9 nitrogen and oxygen atoms in total. The number of para-hydroxylation sites is 1. The number of nitrogens with one attached hydrogen (secondary N) is 1. The minimum Gasteiger partial charge on any atom is -0.404 e. The van der Waals surface area contributed by atoms with Gasteiger partial charge in [-0.3, -0.25) is 19.4 Å². The molecule has 5 aromatic rings. The normalized spacial score (nSPS) is 14.4. The highest BCUT2D eigenvalue weighted by atomic mass is 32.2. The molecule has 0 saturated carbocycles. The zero-order chi connectivity index (χ0) is 36.6. The summed E-state index contributed by atoms with van der Waals surface area (Å²) in [5.74, 6) is -1.56. The first kappa shape index (κ1) is 35.5. The zero-order valence-electron chi connectivity index (χ0n) is 26.5. The molecule has 4 aromatic carbocycles. The molecule has 1 amide bonds. The second kappa shape index (κ2) is 13.8. The van der Waals surface area contributed by atoms with Gasteiger partial charge in [0.25, 0.3) is 15.9 Å². The number of nitrogens with zero attached hydrogens (tertiary/aromatic N) is 3. The van der Waals surface area contributed by atoms with Gasteiger partial charge in [-0.05, 0) is 60.2 Å². The number of anilines is 2. The van der Waals surface area contributed by atoms with Crippen molar-refractivity contribution < 1.29 is 44.3 Å². The van der Waals surface area contributed by atoms with Gasteiger partial charge in [-0.2, -0.15) is 13.2 Å². The number of fused-ring (bicyclic) bond motifs is 1. The van der Waals surface area contributed by atoms with E-state index in [2.05, 4.69) is 14.4 Å². The molecule has 0 unspecified atom stereocenters. The number of hydrogen-bond acceptors (Lipinski definition) is 7. The zero-order valence-corrected chi connectivity index (χ0v) is 27.3. The quantitative estimate of drug-likeness (QED) is 0.129. The lowest BCUT2D eigenvalue weighted by atomic mass is 10.0. The van der Waals surface area contributed by atoms with Crippen molar-refractivity contribution in [3.63, 3.8) is 0 Å². The number of carbonyl (C=O) groups is 1. The first-order valence-corrected chi connectivity index (χ1v) is 16.9. The molecule has 266 valence electrons. The number of nitrogen functional groups attached to an aromatic ring is 1. The van der Waals surface area contributed by atoms with E-state index in [-0.39, 0.29) is 34.8 Å². The fourth-order valence-electron chi connectivity index (χ4n) is 5.81. The Bertz CT molecular complexity index is 2180. The minimum absolute atomic E-state index is 0.161. The molecule has 2 heterocycles. The average molecular weight is 730 g/mol. The lowest BCUT2D eigenvalue weighted by Crippen LogP contribution is -2.48. The summed E-state index contributed by atoms with van der Waals surface area (Å²) in [6, 6.07) is 20.4. The van der Waals surface area contributed by atoms with Crippen molar-refractivity contribution in [3.8, 4) is 16.9 Å². The second-order valence-corrected chi connectivity index (χ2v) is 13.4. The predicted octanol–water partition coefficient (Wildman–Crippen LogP) is 7.16. The Morgan fingerprint density at radius 1 is 0.843 bits per heavy atom. The molecule has 0 radical (unpaired) electrons. The number of rotatable bonds is 8. The maximum atomic E-state index is 13.8. The number of hydrogen-bond donors (Lipinski definition) is 2. The van der Waals surface area contributed by atoms with Crippen LogP contribution in [0.3, 0.4) is 0 Å². The van der Waals surface area contributed by atoms with Gasteiger partial charge in [-0.1, -0.05) is 36.4 Å². The highest BCUT2D eigenvalue weighted by Crippen LogP contribution is 2.37. The van der Waals surface area contributed by atoms with Crippen molar-refractivity contribution in [2.75, 3.05) is 36.6 Å². The van der Waals surface area contributed by atoms with Crippen molar-refractivity contribution in [3.05, 3.63) is 114 Å². The molecule has 0 spiro atoms. The Morgan fingerprint density at radius 3 is 2.24 bits per heavy atom. The molecule has 16 heteroatoms.